The zero-order valence-electron chi connectivity index (χ0n) is 61.6. The second-order valence-electron chi connectivity index (χ2n) is 28.0. The SMILES string of the molecule is CC(C)CC(CC(C)C)C(=O)c1ccc(C(=O)N[C@@H](CCC(=O)N[C@H](C(=O)N[C@@H](C)C(=O)Nc2ccc(COC(=O)C(C)C)cc2)C(C)C)C(=O)N[C@@H](CCC(=O)N[C@H](C(=O)N[C@@H](C)C(=O)Nc2ccc(COC(=O)C(C)C)cc2)C(C)C)C(=O)N[C@@H](CCC(=O)NC(C)CCO)C(N)=O)cc1. The van der Waals surface area contributed by atoms with Crippen molar-refractivity contribution in [3.8, 4) is 0 Å². The van der Waals surface area contributed by atoms with Gasteiger partial charge in [0.25, 0.3) is 5.91 Å². The minimum atomic E-state index is -1.75. The molecule has 0 bridgehead atoms. The van der Waals surface area contributed by atoms with E-state index < -0.39 is 151 Å². The summed E-state index contributed by atoms with van der Waals surface area (Å²) in [5.41, 5.74) is 8.18. The van der Waals surface area contributed by atoms with Crippen molar-refractivity contribution in [2.24, 2.45) is 47.2 Å². The molecule has 3 aromatic carbocycles. The molecule has 562 valence electrons. The molecule has 102 heavy (non-hydrogen) atoms. The van der Waals surface area contributed by atoms with Gasteiger partial charge in [-0.3, -0.25) is 67.1 Å². The number of benzene rings is 3. The summed E-state index contributed by atoms with van der Waals surface area (Å²) >= 11 is 0. The van der Waals surface area contributed by atoms with Gasteiger partial charge in [0.1, 0.15) is 55.5 Å². The van der Waals surface area contributed by atoms with Crippen LogP contribution in [-0.2, 0) is 80.2 Å². The number of carbonyl (C=O) groups excluding carboxylic acids is 14. The van der Waals surface area contributed by atoms with Gasteiger partial charge in [0.05, 0.1) is 11.8 Å². The van der Waals surface area contributed by atoms with Gasteiger partial charge in [-0.1, -0.05) is 119 Å². The molecule has 11 amide bonds. The van der Waals surface area contributed by atoms with Gasteiger partial charge in [-0.15, -0.1) is 0 Å². The highest BCUT2D eigenvalue weighted by Gasteiger charge is 2.34. The molecular formula is C74H109N11O17. The molecule has 0 aliphatic heterocycles. The van der Waals surface area contributed by atoms with Crippen LogP contribution in [0.15, 0.2) is 72.8 Å². The number of aliphatic hydroxyl groups excluding tert-OH is 1. The van der Waals surface area contributed by atoms with E-state index in [0.717, 1.165) is 0 Å². The highest BCUT2D eigenvalue weighted by Crippen LogP contribution is 2.25. The van der Waals surface area contributed by atoms with Crippen LogP contribution < -0.4 is 58.9 Å². The number of carbonyl (C=O) groups is 14. The standard InChI is InChI=1S/C74H109N11O17/c1-40(2)36-53(37-41(3)4)64(90)51-20-22-52(23-21-51)68(94)82-57(29-32-60(88)84-62(42(5)6)71(97)77-47(14)66(92)79-54-24-16-49(17-25-54)38-101-73(99)44(9)10)70(96)83-58(69(95)81-56(65(75)91)28-31-59(87)76-46(13)34-35-86)30-33-61(89)85-63(43(7)8)72(98)78-48(15)67(93)80-55-26-18-50(19-27-55)39-102-74(100)45(11)12/h16-27,40-48,53,56-58,62-63,86H,28-39H2,1-15H3,(H2,75,91)(H,76,87)(H,77,97)(H,78,98)(H,79,92)(H,80,93)(H,81,95)(H,82,94)(H,83,96)(H,84,88)(H,85,89)/t46?,47-,48-,56-,57-,58-,62-,63-/m0/s1. The van der Waals surface area contributed by atoms with Crippen molar-refractivity contribution in [2.45, 2.75) is 223 Å². The average Bonchev–Trinajstić information content (AvgIpc) is 0.852. The maximum absolute atomic E-state index is 14.9. The Morgan fingerprint density at radius 3 is 1.13 bits per heavy atom. The Balaban J connectivity index is 1.97. The Hall–Kier alpha value is -9.60. The number of amides is 11. The number of primary amides is 1. The average molecular weight is 1420 g/mol. The van der Waals surface area contributed by atoms with Crippen LogP contribution in [0.4, 0.5) is 11.4 Å². The van der Waals surface area contributed by atoms with Gasteiger partial charge in [0.15, 0.2) is 5.78 Å². The lowest BCUT2D eigenvalue weighted by atomic mass is 9.84. The van der Waals surface area contributed by atoms with Gasteiger partial charge < -0.3 is 73.5 Å². The number of ether oxygens (including phenoxy) is 2. The molecule has 8 atom stereocenters. The number of hydrogen-bond donors (Lipinski definition) is 12. The predicted molar refractivity (Wildman–Crippen MR) is 383 cm³/mol. The number of ketones is 1. The first-order valence-corrected chi connectivity index (χ1v) is 35.0. The van der Waals surface area contributed by atoms with Crippen molar-refractivity contribution in [1.82, 2.24) is 42.5 Å². The third-order valence-electron chi connectivity index (χ3n) is 16.4. The second kappa shape index (κ2) is 43.3. The van der Waals surface area contributed by atoms with Gasteiger partial charge in [-0.2, -0.15) is 0 Å². The minimum absolute atomic E-state index is 0.00747. The van der Waals surface area contributed by atoms with Gasteiger partial charge in [0.2, 0.25) is 59.1 Å². The summed E-state index contributed by atoms with van der Waals surface area (Å²) in [4.78, 5) is 190. The van der Waals surface area contributed by atoms with Crippen molar-refractivity contribution in [1.29, 1.82) is 0 Å². The van der Waals surface area contributed by atoms with E-state index in [4.69, 9.17) is 15.2 Å². The summed E-state index contributed by atoms with van der Waals surface area (Å²) in [6, 6.07) is 8.60. The molecule has 0 fully saturated rings. The van der Waals surface area contributed by atoms with Crippen LogP contribution in [0.5, 0.6) is 0 Å². The van der Waals surface area contributed by atoms with Crippen molar-refractivity contribution < 1.29 is 81.7 Å². The number of aliphatic hydroxyl groups is 1. The fourth-order valence-electron chi connectivity index (χ4n) is 10.3. The smallest absolute Gasteiger partial charge is 0.308 e. The van der Waals surface area contributed by atoms with Crippen LogP contribution in [0.3, 0.4) is 0 Å². The van der Waals surface area contributed by atoms with Crippen LogP contribution >= 0.6 is 0 Å². The van der Waals surface area contributed by atoms with E-state index in [1.54, 1.807) is 111 Å². The normalized spacial score (nSPS) is 13.7. The van der Waals surface area contributed by atoms with Crippen molar-refractivity contribution in [2.75, 3.05) is 17.2 Å². The molecule has 0 aliphatic rings. The quantitative estimate of drug-likeness (QED) is 0.0252. The lowest BCUT2D eigenvalue weighted by Gasteiger charge is -2.26. The van der Waals surface area contributed by atoms with Crippen molar-refractivity contribution in [3.05, 3.63) is 95.1 Å². The van der Waals surface area contributed by atoms with Crippen LogP contribution in [0, 0.1) is 41.4 Å². The summed E-state index contributed by atoms with van der Waals surface area (Å²) < 4.78 is 10.5. The zero-order valence-corrected chi connectivity index (χ0v) is 61.6. The molecule has 13 N–H and O–H groups in total. The molecule has 28 heteroatoms. The molecule has 3 rings (SSSR count). The molecule has 28 nitrogen and oxygen atoms in total. The molecule has 0 heterocycles. The van der Waals surface area contributed by atoms with Crippen molar-refractivity contribution >= 4 is 94.1 Å². The van der Waals surface area contributed by atoms with E-state index in [0.29, 0.717) is 40.9 Å². The Bertz CT molecular complexity index is 3330. The number of nitrogens with two attached hydrogens (primary N) is 1. The van der Waals surface area contributed by atoms with Gasteiger partial charge in [0, 0.05) is 60.3 Å². The highest BCUT2D eigenvalue weighted by atomic mass is 16.5. The third kappa shape index (κ3) is 31.1. The van der Waals surface area contributed by atoms with E-state index >= 15 is 0 Å². The molecule has 0 aliphatic carbocycles. The zero-order chi connectivity index (χ0) is 76.7. The van der Waals surface area contributed by atoms with Crippen LogP contribution in [0.1, 0.15) is 193 Å². The molecule has 0 radical (unpaired) electrons. The molecule has 0 aromatic heterocycles. The summed E-state index contributed by atoms with van der Waals surface area (Å²) in [6.07, 6.45) is -1.36. The Labute approximate surface area is 598 Å². The first kappa shape index (κ1) is 86.6. The first-order chi connectivity index (χ1) is 47.9. The van der Waals surface area contributed by atoms with E-state index in [1.807, 2.05) is 27.7 Å². The molecule has 0 saturated heterocycles. The molecule has 0 saturated carbocycles. The Morgan fingerprint density at radius 2 is 0.765 bits per heavy atom. The molecule has 0 spiro atoms. The van der Waals surface area contributed by atoms with Gasteiger partial charge >= 0.3 is 11.9 Å². The van der Waals surface area contributed by atoms with E-state index in [2.05, 4.69) is 53.2 Å². The minimum Gasteiger partial charge on any atom is -0.461 e. The van der Waals surface area contributed by atoms with E-state index in [9.17, 15) is 72.2 Å². The van der Waals surface area contributed by atoms with Crippen LogP contribution in [0.25, 0.3) is 0 Å². The number of nitrogens with one attached hydrogen (secondary N) is 10. The second-order valence-corrected chi connectivity index (χ2v) is 28.0. The maximum Gasteiger partial charge on any atom is 0.308 e. The maximum atomic E-state index is 14.9. The number of hydrogen-bond acceptors (Lipinski definition) is 17. The third-order valence-corrected chi connectivity index (χ3v) is 16.4. The summed E-state index contributed by atoms with van der Waals surface area (Å²) in [5, 5.41) is 35.5. The Kier molecular flexibility index (Phi) is 36.7. The summed E-state index contributed by atoms with van der Waals surface area (Å²) in [7, 11) is 0. The van der Waals surface area contributed by atoms with Crippen LogP contribution in [-0.4, -0.2) is 143 Å². The first-order valence-electron chi connectivity index (χ1n) is 35.0. The molecule has 1 unspecified atom stereocenters. The number of rotatable bonds is 43. The van der Waals surface area contributed by atoms with Gasteiger partial charge in [-0.05, 0) is 130 Å². The van der Waals surface area contributed by atoms with E-state index in [1.165, 1.54) is 38.1 Å². The molecule has 3 aromatic rings. The number of Topliss-reactive ketones (excluding diaryl/α,β-unsaturated/α-hetero) is 1. The van der Waals surface area contributed by atoms with Crippen LogP contribution in [0.2, 0.25) is 0 Å². The monoisotopic (exact) mass is 1420 g/mol. The lowest BCUT2D eigenvalue weighted by Crippen LogP contribution is -2.57. The topological polar surface area (TPSA) is 424 Å². The summed E-state index contributed by atoms with van der Waals surface area (Å²) in [5.74, 6) is -11.5. The largest absolute Gasteiger partial charge is 0.461 e. The number of anilines is 2. The molecular weight excluding hydrogens is 1310 g/mol. The predicted octanol–water partition coefficient (Wildman–Crippen LogP) is 5.33. The highest BCUT2D eigenvalue weighted by molar-refractivity contribution is 6.03. The van der Waals surface area contributed by atoms with E-state index in [-0.39, 0.29) is 92.0 Å². The fourth-order valence-corrected chi connectivity index (χ4v) is 10.3. The summed E-state index contributed by atoms with van der Waals surface area (Å²) in [6.45, 7) is 25.8. The van der Waals surface area contributed by atoms with Gasteiger partial charge in [-0.25, -0.2) is 0 Å². The Morgan fingerprint density at radius 1 is 0.402 bits per heavy atom. The lowest BCUT2D eigenvalue weighted by molar-refractivity contribution is -0.149. The number of esters is 2. The fraction of sp³-hybridized carbons (Fsp3) is 0.568. The van der Waals surface area contributed by atoms with Crippen molar-refractivity contribution in [3.63, 3.8) is 0 Å².